The topological polar surface area (TPSA) is 66.9 Å². The largest absolute Gasteiger partial charge is 0.367 e. The van der Waals surface area contributed by atoms with Crippen LogP contribution in [0, 0.1) is 18.6 Å². The summed E-state index contributed by atoms with van der Waals surface area (Å²) in [6.45, 7) is 11.3. The molecule has 3 aromatic rings. The number of aryl methyl sites for hydroxylation is 1. The van der Waals surface area contributed by atoms with Crippen molar-refractivity contribution in [1.29, 1.82) is 0 Å². The van der Waals surface area contributed by atoms with Gasteiger partial charge in [-0.05, 0) is 38.3 Å². The normalized spacial score (nSPS) is 17.7. The van der Waals surface area contributed by atoms with E-state index in [4.69, 9.17) is 0 Å². The number of rotatable bonds is 5. The molecule has 0 unspecified atom stereocenters. The van der Waals surface area contributed by atoms with E-state index in [1.54, 1.807) is 29.9 Å². The minimum Gasteiger partial charge on any atom is -0.367 e. The molecular weight excluding hydrogens is 450 g/mol. The van der Waals surface area contributed by atoms with Crippen LogP contribution in [0.5, 0.6) is 0 Å². The molecule has 0 radical (unpaired) electrons. The Labute approximate surface area is 203 Å². The van der Waals surface area contributed by atoms with Gasteiger partial charge in [0, 0.05) is 62.8 Å². The van der Waals surface area contributed by atoms with E-state index >= 15 is 4.39 Å². The lowest BCUT2D eigenvalue weighted by Gasteiger charge is -2.35. The Kier molecular flexibility index (Phi) is 7.16. The van der Waals surface area contributed by atoms with E-state index in [0.717, 1.165) is 25.1 Å². The van der Waals surface area contributed by atoms with Gasteiger partial charge in [0.05, 0.1) is 17.1 Å². The maximum Gasteiger partial charge on any atom is 0.229 e. The highest BCUT2D eigenvalue weighted by atomic mass is 19.1. The number of aromatic nitrogens is 3. The number of pyridine rings is 2. The first kappa shape index (κ1) is 24.8. The van der Waals surface area contributed by atoms with Gasteiger partial charge in [0.25, 0.3) is 0 Å². The van der Waals surface area contributed by atoms with Gasteiger partial charge >= 0.3 is 0 Å². The quantitative estimate of drug-likeness (QED) is 0.589. The highest BCUT2D eigenvalue weighted by Gasteiger charge is 2.21. The number of allylic oxidation sites excluding steroid dienone is 1. The molecule has 1 fully saturated rings. The van der Waals surface area contributed by atoms with E-state index in [9.17, 15) is 9.18 Å². The van der Waals surface area contributed by atoms with Gasteiger partial charge in [-0.2, -0.15) is 0 Å². The first-order valence-electron chi connectivity index (χ1n) is 12.0. The Morgan fingerprint density at radius 3 is 2.63 bits per heavy atom. The number of imidazole rings is 1. The Morgan fingerprint density at radius 1 is 1.17 bits per heavy atom. The maximum absolute atomic E-state index is 15.6. The van der Waals surface area contributed by atoms with Crippen LogP contribution < -0.4 is 15.7 Å². The minimum atomic E-state index is -0.606. The average Bonchev–Trinajstić information content (AvgIpc) is 3.23. The number of halogens is 2. The van der Waals surface area contributed by atoms with Crippen LogP contribution in [-0.2, 0) is 0 Å². The number of nitrogens with one attached hydrogen (secondary N) is 1. The molecule has 9 heteroatoms. The molecule has 4 heterocycles. The predicted molar refractivity (Wildman–Crippen MR) is 133 cm³/mol. The molecule has 1 aliphatic heterocycles. The molecule has 1 atom stereocenters. The van der Waals surface area contributed by atoms with Gasteiger partial charge in [-0.1, -0.05) is 13.8 Å². The average molecular weight is 483 g/mol. The van der Waals surface area contributed by atoms with E-state index in [0.29, 0.717) is 41.6 Å². The van der Waals surface area contributed by atoms with E-state index in [2.05, 4.69) is 27.1 Å². The third-order valence-electron chi connectivity index (χ3n) is 6.48. The Morgan fingerprint density at radius 2 is 1.94 bits per heavy atom. The monoisotopic (exact) mass is 482 g/mol. The summed E-state index contributed by atoms with van der Waals surface area (Å²) in [5.74, 6) is -1.45. The Hall–Kier alpha value is -3.33. The van der Waals surface area contributed by atoms with Crippen LogP contribution in [-0.4, -0.2) is 45.5 Å². The first-order chi connectivity index (χ1) is 16.7. The number of piperazine rings is 1. The maximum atomic E-state index is 15.6. The molecule has 0 amide bonds. The zero-order valence-corrected chi connectivity index (χ0v) is 20.9. The molecule has 0 aromatic carbocycles. The predicted octanol–water partition coefficient (Wildman–Crippen LogP) is 4.31. The molecule has 0 saturated carbocycles. The van der Waals surface area contributed by atoms with Gasteiger partial charge in [0.2, 0.25) is 5.91 Å². The molecule has 1 N–H and O–H groups in total. The number of hydrogen-bond donors (Lipinski definition) is 1. The molecule has 3 aromatic heterocycles. The summed E-state index contributed by atoms with van der Waals surface area (Å²) in [5.41, 5.74) is 3.18. The van der Waals surface area contributed by atoms with Crippen molar-refractivity contribution in [2.24, 2.45) is 4.99 Å². The van der Waals surface area contributed by atoms with Gasteiger partial charge < -0.3 is 14.6 Å². The summed E-state index contributed by atoms with van der Waals surface area (Å²) >= 11 is 0. The highest BCUT2D eigenvalue weighted by molar-refractivity contribution is 5.77. The number of carbonyl (C=O) groups is 1. The molecule has 7 nitrogen and oxygen atoms in total. The van der Waals surface area contributed by atoms with Crippen LogP contribution in [0.25, 0.3) is 11.3 Å². The summed E-state index contributed by atoms with van der Waals surface area (Å²) in [6, 6.07) is 3.09. The molecule has 0 aliphatic carbocycles. The van der Waals surface area contributed by atoms with E-state index in [-0.39, 0.29) is 17.0 Å². The van der Waals surface area contributed by atoms with Gasteiger partial charge in [-0.3, -0.25) is 9.36 Å². The second kappa shape index (κ2) is 10.1. The summed E-state index contributed by atoms with van der Waals surface area (Å²) in [6.07, 6.45) is 6.68. The fraction of sp³-hybridized carbons (Fsp3) is 0.423. The van der Waals surface area contributed by atoms with E-state index in [1.807, 2.05) is 13.8 Å². The van der Waals surface area contributed by atoms with Crippen LogP contribution in [0.2, 0.25) is 0 Å². The number of hydrogen-bond acceptors (Lipinski definition) is 5. The van der Waals surface area contributed by atoms with Crippen molar-refractivity contribution >= 4 is 22.9 Å². The van der Waals surface area contributed by atoms with Gasteiger partial charge in [-0.15, -0.1) is 0 Å². The van der Waals surface area contributed by atoms with Crippen LogP contribution in [0.3, 0.4) is 0 Å². The van der Waals surface area contributed by atoms with Crippen LogP contribution in [0.1, 0.15) is 56.6 Å². The SMILES string of the molecule is CC/C(C)=C(/N=c1c(F)cc(N2CCN[C@@H](CC)C2)cn1C(C)=O)c1cc(F)c2nc(C)cn2c1. The molecule has 186 valence electrons. The minimum absolute atomic E-state index is 0.103. The van der Waals surface area contributed by atoms with Gasteiger partial charge in [0.1, 0.15) is 0 Å². The molecule has 1 saturated heterocycles. The summed E-state index contributed by atoms with van der Waals surface area (Å²) in [5, 5.41) is 3.44. The third-order valence-corrected chi connectivity index (χ3v) is 6.48. The number of carbonyl (C=O) groups excluding carboxylic acids is 1. The molecule has 4 rings (SSSR count). The molecule has 1 aliphatic rings. The van der Waals surface area contributed by atoms with Crippen molar-refractivity contribution in [2.45, 2.75) is 53.5 Å². The fourth-order valence-electron chi connectivity index (χ4n) is 4.38. The van der Waals surface area contributed by atoms with Crippen molar-refractivity contribution in [3.63, 3.8) is 0 Å². The Balaban J connectivity index is 1.87. The molecular formula is C26H32F2N6O. The lowest BCUT2D eigenvalue weighted by molar-refractivity contribution is 0.0929. The summed E-state index contributed by atoms with van der Waals surface area (Å²) < 4.78 is 33.2. The van der Waals surface area contributed by atoms with Gasteiger partial charge in [0.15, 0.2) is 22.8 Å². The number of nitrogens with zero attached hydrogens (tertiary/aromatic N) is 5. The lowest BCUT2D eigenvalue weighted by Crippen LogP contribution is -2.50. The van der Waals surface area contributed by atoms with Crippen molar-refractivity contribution < 1.29 is 13.6 Å². The lowest BCUT2D eigenvalue weighted by atomic mass is 10.1. The number of anilines is 1. The molecule has 35 heavy (non-hydrogen) atoms. The van der Waals surface area contributed by atoms with Gasteiger partial charge in [-0.25, -0.2) is 18.8 Å². The highest BCUT2D eigenvalue weighted by Crippen LogP contribution is 2.25. The van der Waals surface area contributed by atoms with Crippen molar-refractivity contribution in [2.75, 3.05) is 24.5 Å². The summed E-state index contributed by atoms with van der Waals surface area (Å²) in [7, 11) is 0. The third kappa shape index (κ3) is 5.05. The summed E-state index contributed by atoms with van der Waals surface area (Å²) in [4.78, 5) is 23.5. The zero-order chi connectivity index (χ0) is 25.3. The van der Waals surface area contributed by atoms with Crippen molar-refractivity contribution in [3.8, 4) is 0 Å². The smallest absolute Gasteiger partial charge is 0.229 e. The fourth-order valence-corrected chi connectivity index (χ4v) is 4.38. The van der Waals surface area contributed by atoms with Crippen LogP contribution in [0.15, 0.2) is 41.3 Å². The molecule has 0 spiro atoms. The van der Waals surface area contributed by atoms with Crippen molar-refractivity contribution in [1.82, 2.24) is 19.3 Å². The standard InChI is InChI=1S/C26H32F2N6O/c1-6-16(3)24(19-10-22(27)25-30-17(4)12-33(25)13-19)31-26-23(28)11-21(15-34(26)18(5)35)32-9-8-29-20(7-2)14-32/h10-13,15,20,29H,6-9,14H2,1-5H3/b24-16+,31-26?/t20-/m0/s1. The second-order valence-corrected chi connectivity index (χ2v) is 9.05. The van der Waals surface area contributed by atoms with E-state index < -0.39 is 11.6 Å². The molecule has 0 bridgehead atoms. The van der Waals surface area contributed by atoms with Crippen LogP contribution >= 0.6 is 0 Å². The van der Waals surface area contributed by atoms with E-state index in [1.165, 1.54) is 23.6 Å². The van der Waals surface area contributed by atoms with Crippen LogP contribution in [0.4, 0.5) is 14.5 Å². The Bertz CT molecular complexity index is 1370. The first-order valence-corrected chi connectivity index (χ1v) is 12.0. The zero-order valence-electron chi connectivity index (χ0n) is 20.9. The number of fused-ring (bicyclic) bond motifs is 1. The van der Waals surface area contributed by atoms with Crippen molar-refractivity contribution in [3.05, 3.63) is 64.7 Å². The second-order valence-electron chi connectivity index (χ2n) is 9.05.